The molecule has 7 nitrogen and oxygen atoms in total. The zero-order valence-corrected chi connectivity index (χ0v) is 10.9. The van der Waals surface area contributed by atoms with Crippen LogP contribution in [-0.2, 0) is 14.3 Å². The highest BCUT2D eigenvalue weighted by Gasteiger charge is 2.00. The fourth-order valence-corrected chi connectivity index (χ4v) is 0.356. The number of carboxylic acid groups (broad SMARTS) is 2. The van der Waals surface area contributed by atoms with Gasteiger partial charge in [-0.2, -0.15) is 0 Å². The maximum atomic E-state index is 9.25. The molecule has 0 saturated heterocycles. The normalized spacial score (nSPS) is 11.8. The van der Waals surface area contributed by atoms with Gasteiger partial charge in [-0.1, -0.05) is 6.58 Å². The van der Waals surface area contributed by atoms with E-state index in [0.717, 1.165) is 13.0 Å². The molecule has 0 bridgehead atoms. The van der Waals surface area contributed by atoms with E-state index in [-0.39, 0.29) is 12.7 Å². The molecule has 0 rings (SSSR count). The molecule has 0 fully saturated rings. The largest absolute Gasteiger partial charge is 0.481 e. The van der Waals surface area contributed by atoms with Crippen molar-refractivity contribution in [2.24, 2.45) is 0 Å². The smallest absolute Gasteiger partial charge is 0.327 e. The Bertz CT molecular complexity index is 221. The van der Waals surface area contributed by atoms with E-state index in [1.807, 2.05) is 0 Å². The summed E-state index contributed by atoms with van der Waals surface area (Å²) in [4.78, 5) is 18.2. The summed E-state index contributed by atoms with van der Waals surface area (Å²) in [5, 5.41) is 32.2. The summed E-state index contributed by atoms with van der Waals surface area (Å²) >= 11 is 0. The van der Waals surface area contributed by atoms with E-state index in [0.29, 0.717) is 6.61 Å². The summed E-state index contributed by atoms with van der Waals surface area (Å²) in [5.41, 5.74) is 0. The molecule has 0 aliphatic carbocycles. The minimum Gasteiger partial charge on any atom is -0.481 e. The molecule has 0 radical (unpaired) electrons. The Kier molecular flexibility index (Phi) is 18.8. The summed E-state index contributed by atoms with van der Waals surface area (Å²) in [5.74, 6) is -1.81. The lowest BCUT2D eigenvalue weighted by Gasteiger charge is -2.10. The quantitative estimate of drug-likeness (QED) is 0.520. The van der Waals surface area contributed by atoms with Crippen molar-refractivity contribution < 1.29 is 34.8 Å². The van der Waals surface area contributed by atoms with Crippen molar-refractivity contribution in [1.82, 2.24) is 0 Å². The van der Waals surface area contributed by atoms with Gasteiger partial charge < -0.3 is 25.2 Å². The van der Waals surface area contributed by atoms with Crippen LogP contribution in [0.1, 0.15) is 20.8 Å². The van der Waals surface area contributed by atoms with E-state index >= 15 is 0 Å². The fraction of sp³-hybridized carbons (Fsp3) is 0.636. The second-order valence-corrected chi connectivity index (χ2v) is 3.24. The van der Waals surface area contributed by atoms with Crippen molar-refractivity contribution in [1.29, 1.82) is 0 Å². The molecule has 0 aliphatic rings. The highest BCUT2D eigenvalue weighted by molar-refractivity contribution is 5.78. The number of carboxylic acids is 2. The second kappa shape index (κ2) is 15.6. The SMILES string of the molecule is C=CC(=O)O.CC(=O)O.CC(O)COC(C)CO. The average Bonchev–Trinajstić information content (AvgIpc) is 2.25. The molecule has 0 heterocycles. The van der Waals surface area contributed by atoms with Gasteiger partial charge in [0.25, 0.3) is 5.97 Å². The summed E-state index contributed by atoms with van der Waals surface area (Å²) in [7, 11) is 0. The summed E-state index contributed by atoms with van der Waals surface area (Å²) in [6.07, 6.45) is 0.221. The lowest BCUT2D eigenvalue weighted by atomic mass is 10.4. The van der Waals surface area contributed by atoms with Crippen molar-refractivity contribution in [3.8, 4) is 0 Å². The van der Waals surface area contributed by atoms with Gasteiger partial charge in [0.1, 0.15) is 0 Å². The van der Waals surface area contributed by atoms with Crippen molar-refractivity contribution in [3.63, 3.8) is 0 Å². The standard InChI is InChI=1S/C6H14O3.C3H4O2.C2H4O2/c1-5(8)4-9-6(2)3-7;1-2-3(4)5;1-2(3)4/h5-8H,3-4H2,1-2H3;2H,1H2,(H,4,5);1H3,(H,3,4). The molecule has 7 heteroatoms. The molecule has 0 amide bonds. The van der Waals surface area contributed by atoms with Crippen molar-refractivity contribution in [2.45, 2.75) is 33.0 Å². The van der Waals surface area contributed by atoms with Gasteiger partial charge in [-0.3, -0.25) is 4.79 Å². The van der Waals surface area contributed by atoms with Gasteiger partial charge in [0.15, 0.2) is 0 Å². The minimum atomic E-state index is -0.981. The summed E-state index contributed by atoms with van der Waals surface area (Å²) < 4.78 is 4.95. The zero-order chi connectivity index (χ0) is 15.1. The Balaban J connectivity index is -0.000000212. The van der Waals surface area contributed by atoms with Crippen LogP contribution in [0.4, 0.5) is 0 Å². The first-order valence-electron chi connectivity index (χ1n) is 5.12. The molecule has 0 saturated carbocycles. The molecule has 0 aromatic heterocycles. The van der Waals surface area contributed by atoms with Gasteiger partial charge in [-0.05, 0) is 13.8 Å². The Morgan fingerprint density at radius 2 is 1.67 bits per heavy atom. The fourth-order valence-electron chi connectivity index (χ4n) is 0.356. The topological polar surface area (TPSA) is 124 Å². The molecule has 0 aromatic carbocycles. The third-order valence-corrected chi connectivity index (χ3v) is 1.05. The van der Waals surface area contributed by atoms with Gasteiger partial charge in [0.2, 0.25) is 0 Å². The van der Waals surface area contributed by atoms with Crippen molar-refractivity contribution in [2.75, 3.05) is 13.2 Å². The van der Waals surface area contributed by atoms with E-state index in [9.17, 15) is 4.79 Å². The van der Waals surface area contributed by atoms with E-state index < -0.39 is 18.0 Å². The van der Waals surface area contributed by atoms with Gasteiger partial charge in [0, 0.05) is 13.0 Å². The van der Waals surface area contributed by atoms with Crippen LogP contribution in [0.5, 0.6) is 0 Å². The maximum absolute atomic E-state index is 9.25. The summed E-state index contributed by atoms with van der Waals surface area (Å²) in [6.45, 7) is 7.74. The molecule has 2 atom stereocenters. The van der Waals surface area contributed by atoms with Gasteiger partial charge in [0.05, 0.1) is 25.4 Å². The third-order valence-electron chi connectivity index (χ3n) is 1.05. The average molecular weight is 266 g/mol. The number of carbonyl (C=O) groups is 2. The van der Waals surface area contributed by atoms with E-state index in [4.69, 9.17) is 30.0 Å². The third kappa shape index (κ3) is 46.8. The minimum absolute atomic E-state index is 0.00667. The molecular formula is C11H22O7. The van der Waals surface area contributed by atoms with Crippen LogP contribution < -0.4 is 0 Å². The van der Waals surface area contributed by atoms with Crippen molar-refractivity contribution >= 4 is 11.9 Å². The van der Waals surface area contributed by atoms with Crippen LogP contribution in [-0.4, -0.2) is 57.8 Å². The van der Waals surface area contributed by atoms with Gasteiger partial charge in [-0.25, -0.2) is 4.79 Å². The summed E-state index contributed by atoms with van der Waals surface area (Å²) in [6, 6.07) is 0. The molecule has 18 heavy (non-hydrogen) atoms. The van der Waals surface area contributed by atoms with Crippen LogP contribution >= 0.6 is 0 Å². The Morgan fingerprint density at radius 3 is 1.83 bits per heavy atom. The van der Waals surface area contributed by atoms with Gasteiger partial charge >= 0.3 is 5.97 Å². The van der Waals surface area contributed by atoms with E-state index in [1.54, 1.807) is 13.8 Å². The first-order chi connectivity index (χ1) is 8.17. The molecular weight excluding hydrogens is 244 g/mol. The lowest BCUT2D eigenvalue weighted by molar-refractivity contribution is -0.134. The van der Waals surface area contributed by atoms with Crippen LogP contribution in [0, 0.1) is 0 Å². The predicted molar refractivity (Wildman–Crippen MR) is 65.3 cm³/mol. The maximum Gasteiger partial charge on any atom is 0.327 e. The van der Waals surface area contributed by atoms with Crippen molar-refractivity contribution in [3.05, 3.63) is 12.7 Å². The monoisotopic (exact) mass is 266 g/mol. The lowest BCUT2D eigenvalue weighted by Crippen LogP contribution is -2.19. The molecule has 108 valence electrons. The highest BCUT2D eigenvalue weighted by atomic mass is 16.5. The number of aliphatic hydroxyl groups is 2. The highest BCUT2D eigenvalue weighted by Crippen LogP contribution is 1.90. The zero-order valence-electron chi connectivity index (χ0n) is 10.9. The molecule has 0 aromatic rings. The Morgan fingerprint density at radius 1 is 1.33 bits per heavy atom. The molecule has 0 spiro atoms. The second-order valence-electron chi connectivity index (χ2n) is 3.24. The molecule has 0 aliphatic heterocycles. The predicted octanol–water partition coefficient (Wildman–Crippen LogP) is 0.112. The molecule has 2 unspecified atom stereocenters. The van der Waals surface area contributed by atoms with Crippen LogP contribution in [0.3, 0.4) is 0 Å². The van der Waals surface area contributed by atoms with E-state index in [1.165, 1.54) is 0 Å². The Hall–Kier alpha value is -1.44. The first kappa shape index (κ1) is 21.8. The number of hydrogen-bond acceptors (Lipinski definition) is 5. The van der Waals surface area contributed by atoms with Crippen LogP contribution in [0.25, 0.3) is 0 Å². The first-order valence-corrected chi connectivity index (χ1v) is 5.12. The number of ether oxygens (including phenoxy) is 1. The van der Waals surface area contributed by atoms with E-state index in [2.05, 4.69) is 6.58 Å². The van der Waals surface area contributed by atoms with Crippen LogP contribution in [0.2, 0.25) is 0 Å². The number of rotatable bonds is 5. The van der Waals surface area contributed by atoms with Crippen LogP contribution in [0.15, 0.2) is 12.7 Å². The molecule has 4 N–H and O–H groups in total. The van der Waals surface area contributed by atoms with Gasteiger partial charge in [-0.15, -0.1) is 0 Å². The number of aliphatic carboxylic acids is 2. The Labute approximate surface area is 106 Å². The number of aliphatic hydroxyl groups excluding tert-OH is 2. The number of hydrogen-bond donors (Lipinski definition) is 4.